The first-order valence-electron chi connectivity index (χ1n) is 5.24. The van der Waals surface area contributed by atoms with Crippen molar-refractivity contribution in [1.29, 1.82) is 5.26 Å². The molecule has 1 aromatic carbocycles. The number of carbonyl (C=O) groups is 1. The number of benzene rings is 1. The summed E-state index contributed by atoms with van der Waals surface area (Å²) in [6.07, 6.45) is 0.270. The summed E-state index contributed by atoms with van der Waals surface area (Å²) in [5.41, 5.74) is 3.43. The van der Waals surface area contributed by atoms with Gasteiger partial charge in [0, 0.05) is 0 Å². The Morgan fingerprint density at radius 1 is 1.38 bits per heavy atom. The molecule has 0 N–H and O–H groups in total. The lowest BCUT2D eigenvalue weighted by Gasteiger charge is -2.08. The van der Waals surface area contributed by atoms with E-state index in [1.54, 1.807) is 6.92 Å². The number of hydrogen-bond donors (Lipinski definition) is 0. The Hall–Kier alpha value is -1.82. The Bertz CT molecular complexity index is 444. The summed E-state index contributed by atoms with van der Waals surface area (Å²) in [6, 6.07) is 5.81. The van der Waals surface area contributed by atoms with Gasteiger partial charge < -0.3 is 4.74 Å². The molecule has 0 aliphatic rings. The number of nitriles is 1. The second-order valence-corrected chi connectivity index (χ2v) is 3.69. The average molecular weight is 217 g/mol. The van der Waals surface area contributed by atoms with Crippen molar-refractivity contribution in [2.24, 2.45) is 0 Å². The van der Waals surface area contributed by atoms with Crippen LogP contribution in [0.25, 0.3) is 0 Å². The first kappa shape index (κ1) is 12.3. The van der Waals surface area contributed by atoms with Gasteiger partial charge in [0.1, 0.15) is 0 Å². The van der Waals surface area contributed by atoms with Crippen molar-refractivity contribution >= 4 is 5.97 Å². The zero-order valence-corrected chi connectivity index (χ0v) is 9.83. The number of rotatable bonds is 3. The van der Waals surface area contributed by atoms with Crippen LogP contribution >= 0.6 is 0 Å². The molecule has 3 nitrogen and oxygen atoms in total. The molecule has 0 radical (unpaired) electrons. The number of carbonyl (C=O) groups excluding carboxylic acids is 1. The van der Waals surface area contributed by atoms with Gasteiger partial charge in [-0.15, -0.1) is 0 Å². The van der Waals surface area contributed by atoms with Gasteiger partial charge >= 0.3 is 5.97 Å². The van der Waals surface area contributed by atoms with E-state index in [0.717, 1.165) is 16.7 Å². The zero-order valence-electron chi connectivity index (χ0n) is 9.83. The van der Waals surface area contributed by atoms with E-state index in [0.29, 0.717) is 12.2 Å². The molecule has 0 heterocycles. The molecular weight excluding hydrogens is 202 g/mol. The molecule has 0 atom stereocenters. The maximum absolute atomic E-state index is 11.3. The fourth-order valence-electron chi connectivity index (χ4n) is 1.55. The topological polar surface area (TPSA) is 50.1 Å². The Morgan fingerprint density at radius 2 is 2.06 bits per heavy atom. The largest absolute Gasteiger partial charge is 0.466 e. The molecule has 1 rings (SSSR count). The van der Waals surface area contributed by atoms with Crippen LogP contribution in [-0.2, 0) is 16.0 Å². The van der Waals surface area contributed by atoms with Gasteiger partial charge in [0.05, 0.1) is 24.7 Å². The molecular formula is C13H15NO2. The number of hydrogen-bond acceptors (Lipinski definition) is 3. The summed E-state index contributed by atoms with van der Waals surface area (Å²) in [5, 5.41) is 8.86. The van der Waals surface area contributed by atoms with Crippen LogP contribution in [0.3, 0.4) is 0 Å². The normalized spacial score (nSPS) is 9.62. The lowest BCUT2D eigenvalue weighted by atomic mass is 9.99. The molecule has 0 unspecified atom stereocenters. The molecule has 0 aromatic heterocycles. The highest BCUT2D eigenvalue weighted by Gasteiger charge is 2.09. The number of esters is 1. The van der Waals surface area contributed by atoms with Gasteiger partial charge in [-0.1, -0.05) is 6.07 Å². The van der Waals surface area contributed by atoms with E-state index in [1.807, 2.05) is 26.0 Å². The monoisotopic (exact) mass is 217 g/mol. The first-order chi connectivity index (χ1) is 7.58. The van der Waals surface area contributed by atoms with Crippen LogP contribution < -0.4 is 0 Å². The Labute approximate surface area is 95.7 Å². The van der Waals surface area contributed by atoms with Crippen molar-refractivity contribution in [1.82, 2.24) is 0 Å². The molecule has 3 heteroatoms. The van der Waals surface area contributed by atoms with Crippen molar-refractivity contribution in [3.05, 3.63) is 34.4 Å². The smallest absolute Gasteiger partial charge is 0.310 e. The third-order valence-electron chi connectivity index (χ3n) is 2.44. The van der Waals surface area contributed by atoms with Crippen LogP contribution in [0.2, 0.25) is 0 Å². The van der Waals surface area contributed by atoms with E-state index in [2.05, 4.69) is 6.07 Å². The average Bonchev–Trinajstić information content (AvgIpc) is 2.23. The van der Waals surface area contributed by atoms with Gasteiger partial charge in [0.15, 0.2) is 0 Å². The second kappa shape index (κ2) is 5.32. The van der Waals surface area contributed by atoms with Gasteiger partial charge in [0.25, 0.3) is 0 Å². The zero-order chi connectivity index (χ0) is 12.1. The van der Waals surface area contributed by atoms with E-state index < -0.39 is 0 Å². The maximum Gasteiger partial charge on any atom is 0.310 e. The van der Waals surface area contributed by atoms with Crippen LogP contribution in [-0.4, -0.2) is 12.6 Å². The summed E-state index contributed by atoms with van der Waals surface area (Å²) in [6.45, 7) is 5.95. The molecule has 0 saturated heterocycles. The lowest BCUT2D eigenvalue weighted by Crippen LogP contribution is -2.09. The molecule has 0 saturated carbocycles. The first-order valence-corrected chi connectivity index (χ1v) is 5.24. The Kier molecular flexibility index (Phi) is 4.07. The predicted octanol–water partition coefficient (Wildman–Crippen LogP) is 2.28. The molecule has 1 aromatic rings. The van der Waals surface area contributed by atoms with E-state index in [1.165, 1.54) is 0 Å². The van der Waals surface area contributed by atoms with Gasteiger partial charge in [0.2, 0.25) is 0 Å². The molecule has 84 valence electrons. The molecule has 0 bridgehead atoms. The predicted molar refractivity (Wildman–Crippen MR) is 61.0 cm³/mol. The molecule has 0 aliphatic heterocycles. The SMILES string of the molecule is CCOC(=O)Cc1cc(C)c(C#N)cc1C. The van der Waals surface area contributed by atoms with Gasteiger partial charge in [-0.25, -0.2) is 0 Å². The van der Waals surface area contributed by atoms with Crippen molar-refractivity contribution in [2.45, 2.75) is 27.2 Å². The van der Waals surface area contributed by atoms with Crippen molar-refractivity contribution in [2.75, 3.05) is 6.61 Å². The third kappa shape index (κ3) is 2.83. The lowest BCUT2D eigenvalue weighted by molar-refractivity contribution is -0.142. The van der Waals surface area contributed by atoms with E-state index in [4.69, 9.17) is 10.00 Å². The molecule has 16 heavy (non-hydrogen) atoms. The molecule has 0 amide bonds. The second-order valence-electron chi connectivity index (χ2n) is 3.69. The molecule has 0 fully saturated rings. The summed E-state index contributed by atoms with van der Waals surface area (Å²) in [7, 11) is 0. The number of aryl methyl sites for hydroxylation is 2. The number of nitrogens with zero attached hydrogens (tertiary/aromatic N) is 1. The van der Waals surface area contributed by atoms with E-state index in [9.17, 15) is 4.79 Å². The standard InChI is InChI=1S/C13H15NO2/c1-4-16-13(15)7-11-5-10(3)12(8-14)6-9(11)2/h5-6H,4,7H2,1-3H3. The summed E-state index contributed by atoms with van der Waals surface area (Å²) >= 11 is 0. The highest BCUT2D eigenvalue weighted by molar-refractivity contribution is 5.73. The third-order valence-corrected chi connectivity index (χ3v) is 2.44. The van der Waals surface area contributed by atoms with Gasteiger partial charge in [-0.2, -0.15) is 5.26 Å². The van der Waals surface area contributed by atoms with E-state index in [-0.39, 0.29) is 12.4 Å². The van der Waals surface area contributed by atoms with Crippen molar-refractivity contribution in [3.8, 4) is 6.07 Å². The van der Waals surface area contributed by atoms with Gasteiger partial charge in [-0.05, 0) is 43.5 Å². The summed E-state index contributed by atoms with van der Waals surface area (Å²) < 4.78 is 4.89. The Balaban J connectivity index is 2.95. The van der Waals surface area contributed by atoms with Crippen molar-refractivity contribution < 1.29 is 9.53 Å². The quantitative estimate of drug-likeness (QED) is 0.730. The molecule has 0 spiro atoms. The van der Waals surface area contributed by atoms with Crippen molar-refractivity contribution in [3.63, 3.8) is 0 Å². The van der Waals surface area contributed by atoms with Crippen LogP contribution in [0.1, 0.15) is 29.2 Å². The summed E-state index contributed by atoms with van der Waals surface area (Å²) in [4.78, 5) is 11.3. The van der Waals surface area contributed by atoms with Crippen LogP contribution in [0.4, 0.5) is 0 Å². The summed E-state index contributed by atoms with van der Waals surface area (Å²) in [5.74, 6) is -0.227. The maximum atomic E-state index is 11.3. The van der Waals surface area contributed by atoms with Gasteiger partial charge in [-0.3, -0.25) is 4.79 Å². The highest BCUT2D eigenvalue weighted by atomic mass is 16.5. The minimum absolute atomic E-state index is 0.227. The number of ether oxygens (including phenoxy) is 1. The van der Waals surface area contributed by atoms with Crippen LogP contribution in [0.5, 0.6) is 0 Å². The van der Waals surface area contributed by atoms with Crippen LogP contribution in [0, 0.1) is 25.2 Å². The highest BCUT2D eigenvalue weighted by Crippen LogP contribution is 2.16. The minimum Gasteiger partial charge on any atom is -0.466 e. The minimum atomic E-state index is -0.227. The fraction of sp³-hybridized carbons (Fsp3) is 0.385. The Morgan fingerprint density at radius 3 is 2.62 bits per heavy atom. The van der Waals surface area contributed by atoms with E-state index >= 15 is 0 Å². The fourth-order valence-corrected chi connectivity index (χ4v) is 1.55. The molecule has 0 aliphatic carbocycles. The van der Waals surface area contributed by atoms with Crippen LogP contribution in [0.15, 0.2) is 12.1 Å².